The predicted molar refractivity (Wildman–Crippen MR) is 157 cm³/mol. The molecule has 0 aliphatic carbocycles. The molecule has 2 aromatic carbocycles. The summed E-state index contributed by atoms with van der Waals surface area (Å²) in [6.45, 7) is 0.870. The summed E-state index contributed by atoms with van der Waals surface area (Å²) in [5.74, 6) is -0.909. The van der Waals surface area contributed by atoms with Gasteiger partial charge >= 0.3 is 18.3 Å². The first-order valence-electron chi connectivity index (χ1n) is 14.4. The van der Waals surface area contributed by atoms with Crippen molar-refractivity contribution >= 4 is 12.0 Å². The van der Waals surface area contributed by atoms with Gasteiger partial charge in [-0.3, -0.25) is 0 Å². The van der Waals surface area contributed by atoms with Crippen LogP contribution >= 0.6 is 0 Å². The zero-order valence-corrected chi connectivity index (χ0v) is 25.5. The minimum Gasteiger partial charge on any atom is -0.464 e. The molecule has 0 radical (unpaired) electrons. The Morgan fingerprint density at radius 2 is 1.72 bits per heavy atom. The van der Waals surface area contributed by atoms with Crippen molar-refractivity contribution in [2.75, 3.05) is 34.3 Å². The molecule has 3 heterocycles. The highest BCUT2D eigenvalue weighted by Gasteiger charge is 2.39. The van der Waals surface area contributed by atoms with Gasteiger partial charge in [-0.25, -0.2) is 14.2 Å². The van der Waals surface area contributed by atoms with E-state index in [1.807, 2.05) is 21.1 Å². The topological polar surface area (TPSA) is 84.0 Å². The third-order valence-corrected chi connectivity index (χ3v) is 7.37. The van der Waals surface area contributed by atoms with Gasteiger partial charge in [-0.2, -0.15) is 36.5 Å². The van der Waals surface area contributed by atoms with E-state index in [4.69, 9.17) is 4.74 Å². The number of esters is 1. The van der Waals surface area contributed by atoms with Crippen LogP contribution in [0.1, 0.15) is 40.7 Å². The van der Waals surface area contributed by atoms with Crippen LogP contribution in [0, 0.1) is 5.82 Å². The molecule has 0 bridgehead atoms. The van der Waals surface area contributed by atoms with E-state index >= 15 is 0 Å². The van der Waals surface area contributed by atoms with Crippen LogP contribution < -0.4 is 0 Å². The molecule has 8 nitrogen and oxygen atoms in total. The molecule has 0 amide bonds. The molecule has 1 aliphatic rings. The number of imidazole rings is 1. The lowest BCUT2D eigenvalue weighted by Crippen LogP contribution is -2.37. The van der Waals surface area contributed by atoms with E-state index in [9.17, 15) is 35.5 Å². The Hall–Kier alpha value is -4.79. The fourth-order valence-corrected chi connectivity index (χ4v) is 5.07. The van der Waals surface area contributed by atoms with Crippen LogP contribution in [0.3, 0.4) is 0 Å². The van der Waals surface area contributed by atoms with Crippen molar-refractivity contribution in [1.82, 2.24) is 25.1 Å². The van der Waals surface area contributed by atoms with Gasteiger partial charge in [0.25, 0.3) is 0 Å². The largest absolute Gasteiger partial charge is 0.464 e. The van der Waals surface area contributed by atoms with Gasteiger partial charge in [0.05, 0.1) is 80.3 Å². The van der Waals surface area contributed by atoms with E-state index in [-0.39, 0.29) is 42.0 Å². The molecule has 47 heavy (non-hydrogen) atoms. The zero-order valence-electron chi connectivity index (χ0n) is 25.5. The van der Waals surface area contributed by atoms with Crippen LogP contribution in [-0.4, -0.2) is 69.8 Å². The number of aromatic amines is 1. The fourth-order valence-electron chi connectivity index (χ4n) is 5.07. The second-order valence-electron chi connectivity index (χ2n) is 12.0. The van der Waals surface area contributed by atoms with Gasteiger partial charge in [-0.05, 0) is 42.5 Å². The van der Waals surface area contributed by atoms with Crippen molar-refractivity contribution < 1.29 is 44.7 Å². The monoisotopic (exact) mass is 663 g/mol. The lowest BCUT2D eigenvalue weighted by Gasteiger charge is -2.30. The van der Waals surface area contributed by atoms with Crippen LogP contribution in [0.25, 0.3) is 28.7 Å². The number of ether oxygens (including phenoxy) is 1. The standard InChI is InChI=1S/C32H30F7N6O2/c1-45(2,3)15-6-16-47-30(46)28(44-14-13-25-27(18-44)41-29(40-25)21-7-4-5-8-23(21)33)26-12-11-24(42-43-26)20-10-9-19(31(34,35)36)17-22(20)32(37,38)39/h4-5,7-14,17,28H,6,15-16,18H2,1-3H3,(H,40,41)/q+1. The lowest BCUT2D eigenvalue weighted by molar-refractivity contribution is -0.870. The Morgan fingerprint density at radius 1 is 0.979 bits per heavy atom. The molecule has 1 N–H and O–H groups in total. The van der Waals surface area contributed by atoms with Gasteiger partial charge < -0.3 is 19.1 Å². The van der Waals surface area contributed by atoms with Crippen LogP contribution in [0.15, 0.2) is 60.8 Å². The van der Waals surface area contributed by atoms with Crippen LogP contribution in [-0.2, 0) is 28.4 Å². The maximum absolute atomic E-state index is 14.4. The summed E-state index contributed by atoms with van der Waals surface area (Å²) < 4.78 is 102. The van der Waals surface area contributed by atoms with Crippen LogP contribution in [0.4, 0.5) is 30.7 Å². The summed E-state index contributed by atoms with van der Waals surface area (Å²) in [5, 5.41) is 7.92. The van der Waals surface area contributed by atoms with Crippen LogP contribution in [0.5, 0.6) is 0 Å². The Labute approximate surface area is 265 Å². The first-order chi connectivity index (χ1) is 22.0. The van der Waals surface area contributed by atoms with Crippen molar-refractivity contribution in [2.45, 2.75) is 31.4 Å². The molecule has 4 aromatic rings. The van der Waals surface area contributed by atoms with Crippen LogP contribution in [0.2, 0.25) is 0 Å². The minimum absolute atomic E-state index is 0.0211. The highest BCUT2D eigenvalue weighted by Crippen LogP contribution is 2.40. The summed E-state index contributed by atoms with van der Waals surface area (Å²) >= 11 is 0. The number of benzene rings is 2. The summed E-state index contributed by atoms with van der Waals surface area (Å²) in [7, 11) is 5.95. The molecule has 15 heteroatoms. The molecule has 1 atom stereocenters. The maximum Gasteiger partial charge on any atom is 0.417 e. The third kappa shape index (κ3) is 7.79. The average molecular weight is 664 g/mol. The first kappa shape index (κ1) is 33.6. The predicted octanol–water partition coefficient (Wildman–Crippen LogP) is 6.88. The van der Waals surface area contributed by atoms with Gasteiger partial charge in [-0.15, -0.1) is 0 Å². The number of carbonyl (C=O) groups is 1. The highest BCUT2D eigenvalue weighted by atomic mass is 19.4. The van der Waals surface area contributed by atoms with E-state index in [1.54, 1.807) is 35.4 Å². The van der Waals surface area contributed by atoms with Crippen molar-refractivity contribution in [3.63, 3.8) is 0 Å². The number of rotatable bonds is 9. The summed E-state index contributed by atoms with van der Waals surface area (Å²) in [6, 6.07) is 8.55. The van der Waals surface area contributed by atoms with Crippen molar-refractivity contribution in [1.29, 1.82) is 0 Å². The zero-order chi connectivity index (χ0) is 34.1. The average Bonchev–Trinajstić information content (AvgIpc) is 3.42. The van der Waals surface area contributed by atoms with Crippen molar-refractivity contribution in [3.8, 4) is 22.6 Å². The number of carbonyl (C=O) groups excluding carboxylic acids is 1. The molecule has 0 saturated heterocycles. The quantitative estimate of drug-likeness (QED) is 0.0911. The molecular weight excluding hydrogens is 633 g/mol. The minimum atomic E-state index is -5.11. The number of aromatic nitrogens is 4. The number of quaternary nitrogens is 1. The van der Waals surface area contributed by atoms with E-state index < -0.39 is 46.9 Å². The number of hydrogen-bond donors (Lipinski definition) is 1. The number of nitrogens with one attached hydrogen (secondary N) is 1. The summed E-state index contributed by atoms with van der Waals surface area (Å²) in [5.41, 5.74) is -2.60. The fraction of sp³-hybridized carbons (Fsp3) is 0.312. The molecule has 0 fully saturated rings. The molecule has 0 spiro atoms. The van der Waals surface area contributed by atoms with Gasteiger partial charge in [0.15, 0.2) is 6.04 Å². The number of hydrogen-bond acceptors (Lipinski definition) is 6. The molecule has 248 valence electrons. The molecule has 5 rings (SSSR count). The molecule has 0 saturated carbocycles. The Morgan fingerprint density at radius 3 is 2.36 bits per heavy atom. The molecule has 1 unspecified atom stereocenters. The van der Waals surface area contributed by atoms with Crippen molar-refractivity contribution in [3.05, 3.63) is 94.8 Å². The Bertz CT molecular complexity index is 1780. The van der Waals surface area contributed by atoms with Gasteiger partial charge in [0.1, 0.15) is 11.6 Å². The van der Waals surface area contributed by atoms with E-state index in [1.165, 1.54) is 12.1 Å². The summed E-state index contributed by atoms with van der Waals surface area (Å²) in [4.78, 5) is 22.6. The second kappa shape index (κ2) is 12.8. The molecule has 2 aromatic heterocycles. The number of fused-ring (bicyclic) bond motifs is 1. The number of alkyl halides is 6. The SMILES string of the molecule is C[N+](C)(C)CCCOC(=O)C(c1ccc(-c2ccc(C(F)(F)F)cc2C(F)(F)F)nn1)N1C=Cc2nc(-c3ccccc3F)[nH]c2C1. The maximum atomic E-state index is 14.4. The third-order valence-electron chi connectivity index (χ3n) is 7.37. The molecule has 1 aliphatic heterocycles. The molecular formula is C32H30F7N6O2+. The Balaban J connectivity index is 1.46. The number of nitrogens with zero attached hydrogens (tertiary/aromatic N) is 5. The lowest BCUT2D eigenvalue weighted by atomic mass is 10.00. The van der Waals surface area contributed by atoms with Gasteiger partial charge in [-0.1, -0.05) is 18.2 Å². The first-order valence-corrected chi connectivity index (χ1v) is 14.4. The van der Waals surface area contributed by atoms with Crippen molar-refractivity contribution in [2.24, 2.45) is 0 Å². The van der Waals surface area contributed by atoms with Gasteiger partial charge in [0, 0.05) is 18.2 Å². The Kier molecular flexibility index (Phi) is 9.13. The highest BCUT2D eigenvalue weighted by molar-refractivity contribution is 5.78. The van der Waals surface area contributed by atoms with E-state index in [0.29, 0.717) is 41.0 Å². The smallest absolute Gasteiger partial charge is 0.417 e. The second-order valence-corrected chi connectivity index (χ2v) is 12.0. The van der Waals surface area contributed by atoms with Gasteiger partial charge in [0.2, 0.25) is 0 Å². The van der Waals surface area contributed by atoms with E-state index in [0.717, 1.165) is 6.07 Å². The summed E-state index contributed by atoms with van der Waals surface area (Å²) in [6.07, 6.45) is -6.37. The normalized spacial score (nSPS) is 14.2. The van der Waals surface area contributed by atoms with E-state index in [2.05, 4.69) is 20.2 Å². The number of halogens is 7. The number of H-pyrrole nitrogens is 1.